The molecule has 7 nitrogen and oxygen atoms in total. The predicted octanol–water partition coefficient (Wildman–Crippen LogP) is 3.92. The number of hydrogen-bond donors (Lipinski definition) is 1. The Bertz CT molecular complexity index is 1170. The third-order valence-electron chi connectivity index (χ3n) is 6.41. The SMILES string of the molecule is c1ccc2c(C3CCN(c4cc5oc(N6CCOCC6)nc5cn4)CC3)c[nH]c2c1. The topological polar surface area (TPSA) is 70.4 Å². The number of hydrogen-bond acceptors (Lipinski definition) is 6. The number of ether oxygens (including phenoxy) is 1. The van der Waals surface area contributed by atoms with E-state index in [9.17, 15) is 0 Å². The molecule has 154 valence electrons. The molecule has 0 unspecified atom stereocenters. The average Bonchev–Trinajstić information content (AvgIpc) is 3.44. The molecule has 1 N–H and O–H groups in total. The Kier molecular flexibility index (Phi) is 4.34. The number of H-pyrrole nitrogens is 1. The maximum Gasteiger partial charge on any atom is 0.298 e. The largest absolute Gasteiger partial charge is 0.423 e. The van der Waals surface area contributed by atoms with Crippen molar-refractivity contribution < 1.29 is 9.15 Å². The van der Waals surface area contributed by atoms with Gasteiger partial charge in [-0.2, -0.15) is 4.98 Å². The highest BCUT2D eigenvalue weighted by atomic mass is 16.5. The van der Waals surface area contributed by atoms with Gasteiger partial charge in [0.25, 0.3) is 6.01 Å². The van der Waals surface area contributed by atoms with Gasteiger partial charge in [0.1, 0.15) is 11.3 Å². The first-order chi connectivity index (χ1) is 14.8. The highest BCUT2D eigenvalue weighted by Gasteiger charge is 2.24. The van der Waals surface area contributed by atoms with Crippen molar-refractivity contribution in [3.63, 3.8) is 0 Å². The molecule has 0 amide bonds. The minimum Gasteiger partial charge on any atom is -0.423 e. The molecule has 0 aliphatic carbocycles. The van der Waals surface area contributed by atoms with Gasteiger partial charge in [0, 0.05) is 49.3 Å². The first-order valence-corrected chi connectivity index (χ1v) is 10.8. The van der Waals surface area contributed by atoms with Crippen molar-refractivity contribution in [2.75, 3.05) is 49.2 Å². The normalized spacial score (nSPS) is 18.5. The quantitative estimate of drug-likeness (QED) is 0.559. The molecule has 30 heavy (non-hydrogen) atoms. The summed E-state index contributed by atoms with van der Waals surface area (Å²) in [6.07, 6.45) is 6.27. The monoisotopic (exact) mass is 403 g/mol. The van der Waals surface area contributed by atoms with E-state index < -0.39 is 0 Å². The van der Waals surface area contributed by atoms with Crippen LogP contribution in [0.4, 0.5) is 11.8 Å². The summed E-state index contributed by atoms with van der Waals surface area (Å²) >= 11 is 0. The highest BCUT2D eigenvalue weighted by molar-refractivity contribution is 5.83. The highest BCUT2D eigenvalue weighted by Crippen LogP contribution is 2.34. The van der Waals surface area contributed by atoms with E-state index in [1.165, 1.54) is 16.5 Å². The molecular weight excluding hydrogens is 378 g/mol. The van der Waals surface area contributed by atoms with Crippen molar-refractivity contribution in [2.24, 2.45) is 0 Å². The van der Waals surface area contributed by atoms with Crippen LogP contribution < -0.4 is 9.80 Å². The van der Waals surface area contributed by atoms with Crippen LogP contribution in [0.2, 0.25) is 0 Å². The molecule has 4 aromatic rings. The first kappa shape index (κ1) is 17.8. The molecule has 7 heteroatoms. The Morgan fingerprint density at radius 1 is 1.00 bits per heavy atom. The summed E-state index contributed by atoms with van der Waals surface area (Å²) in [7, 11) is 0. The Labute approximate surface area is 174 Å². The predicted molar refractivity (Wildman–Crippen MR) is 117 cm³/mol. The van der Waals surface area contributed by atoms with Gasteiger partial charge in [0.15, 0.2) is 5.58 Å². The van der Waals surface area contributed by atoms with Gasteiger partial charge in [-0.15, -0.1) is 0 Å². The number of piperidine rings is 1. The lowest BCUT2D eigenvalue weighted by Gasteiger charge is -2.32. The Morgan fingerprint density at radius 3 is 2.70 bits per heavy atom. The fourth-order valence-corrected chi connectivity index (χ4v) is 4.72. The first-order valence-electron chi connectivity index (χ1n) is 10.8. The van der Waals surface area contributed by atoms with Crippen molar-refractivity contribution in [3.05, 3.63) is 48.3 Å². The number of rotatable bonds is 3. The smallest absolute Gasteiger partial charge is 0.298 e. The van der Waals surface area contributed by atoms with Gasteiger partial charge in [0.2, 0.25) is 0 Å². The number of pyridine rings is 1. The Balaban J connectivity index is 1.19. The number of aromatic amines is 1. The number of fused-ring (bicyclic) bond motifs is 2. The van der Waals surface area contributed by atoms with Crippen LogP contribution in [0.25, 0.3) is 22.0 Å². The van der Waals surface area contributed by atoms with Crippen molar-refractivity contribution >= 4 is 33.8 Å². The molecule has 0 radical (unpaired) electrons. The van der Waals surface area contributed by atoms with Crippen molar-refractivity contribution in [1.29, 1.82) is 0 Å². The molecule has 0 spiro atoms. The number of nitrogens with zero attached hydrogens (tertiary/aromatic N) is 4. The fraction of sp³-hybridized carbons (Fsp3) is 0.391. The van der Waals surface area contributed by atoms with E-state index >= 15 is 0 Å². The Morgan fingerprint density at radius 2 is 1.83 bits per heavy atom. The number of anilines is 2. The van der Waals surface area contributed by atoms with Crippen LogP contribution in [0.3, 0.4) is 0 Å². The molecule has 0 atom stereocenters. The molecule has 2 fully saturated rings. The maximum atomic E-state index is 6.06. The van der Waals surface area contributed by atoms with E-state index in [4.69, 9.17) is 9.15 Å². The van der Waals surface area contributed by atoms with Gasteiger partial charge in [-0.3, -0.25) is 0 Å². The molecule has 1 aromatic carbocycles. The second kappa shape index (κ2) is 7.32. The number of morpholine rings is 1. The number of oxazole rings is 1. The number of benzene rings is 1. The van der Waals surface area contributed by atoms with Crippen LogP contribution in [-0.4, -0.2) is 54.3 Å². The number of para-hydroxylation sites is 1. The molecule has 0 saturated carbocycles. The third-order valence-corrected chi connectivity index (χ3v) is 6.41. The van der Waals surface area contributed by atoms with E-state index in [-0.39, 0.29) is 0 Å². The van der Waals surface area contributed by atoms with Crippen molar-refractivity contribution in [1.82, 2.24) is 15.0 Å². The minimum atomic E-state index is 0.583. The van der Waals surface area contributed by atoms with Crippen LogP contribution in [0, 0.1) is 0 Å². The van der Waals surface area contributed by atoms with E-state index in [1.807, 2.05) is 12.3 Å². The lowest BCUT2D eigenvalue weighted by molar-refractivity contribution is 0.120. The minimum absolute atomic E-state index is 0.583. The van der Waals surface area contributed by atoms with Gasteiger partial charge in [-0.25, -0.2) is 4.98 Å². The van der Waals surface area contributed by atoms with Crippen LogP contribution >= 0.6 is 0 Å². The molecular formula is C23H25N5O2. The van der Waals surface area contributed by atoms with Crippen LogP contribution in [-0.2, 0) is 4.74 Å². The van der Waals surface area contributed by atoms with Crippen LogP contribution in [0.5, 0.6) is 0 Å². The van der Waals surface area contributed by atoms with E-state index in [0.29, 0.717) is 25.1 Å². The van der Waals surface area contributed by atoms with E-state index in [1.54, 1.807) is 0 Å². The summed E-state index contributed by atoms with van der Waals surface area (Å²) in [6.45, 7) is 5.05. The van der Waals surface area contributed by atoms with Crippen LogP contribution in [0.15, 0.2) is 47.1 Å². The summed E-state index contributed by atoms with van der Waals surface area (Å²) in [5.74, 6) is 1.56. The molecule has 2 aliphatic heterocycles. The zero-order valence-corrected chi connectivity index (χ0v) is 16.9. The maximum absolute atomic E-state index is 6.06. The molecule has 3 aromatic heterocycles. The summed E-state index contributed by atoms with van der Waals surface area (Å²) in [4.78, 5) is 17.2. The van der Waals surface area contributed by atoms with Gasteiger partial charge in [0.05, 0.1) is 19.4 Å². The van der Waals surface area contributed by atoms with Crippen molar-refractivity contribution in [2.45, 2.75) is 18.8 Å². The third kappa shape index (κ3) is 3.10. The lowest BCUT2D eigenvalue weighted by Crippen LogP contribution is -2.36. The number of aromatic nitrogens is 3. The zero-order chi connectivity index (χ0) is 19.9. The lowest BCUT2D eigenvalue weighted by atomic mass is 9.89. The molecule has 5 heterocycles. The van der Waals surface area contributed by atoms with Gasteiger partial charge >= 0.3 is 0 Å². The second-order valence-corrected chi connectivity index (χ2v) is 8.16. The van der Waals surface area contributed by atoms with E-state index in [0.717, 1.165) is 55.9 Å². The summed E-state index contributed by atoms with van der Waals surface area (Å²) in [5, 5.41) is 1.35. The fourth-order valence-electron chi connectivity index (χ4n) is 4.72. The van der Waals surface area contributed by atoms with Crippen molar-refractivity contribution in [3.8, 4) is 0 Å². The molecule has 2 aliphatic rings. The summed E-state index contributed by atoms with van der Waals surface area (Å²) < 4.78 is 11.5. The summed E-state index contributed by atoms with van der Waals surface area (Å²) in [5.41, 5.74) is 4.29. The Hall–Kier alpha value is -3.06. The van der Waals surface area contributed by atoms with E-state index in [2.05, 4.69) is 55.2 Å². The molecule has 6 rings (SSSR count). The average molecular weight is 403 g/mol. The second-order valence-electron chi connectivity index (χ2n) is 8.16. The van der Waals surface area contributed by atoms with Gasteiger partial charge < -0.3 is 23.9 Å². The molecule has 0 bridgehead atoms. The van der Waals surface area contributed by atoms with Gasteiger partial charge in [-0.05, 0) is 30.4 Å². The van der Waals surface area contributed by atoms with Gasteiger partial charge in [-0.1, -0.05) is 18.2 Å². The van der Waals surface area contributed by atoms with Crippen LogP contribution in [0.1, 0.15) is 24.3 Å². The number of nitrogens with one attached hydrogen (secondary N) is 1. The zero-order valence-electron chi connectivity index (χ0n) is 16.9. The molecule has 2 saturated heterocycles. The summed E-state index contributed by atoms with van der Waals surface area (Å²) in [6, 6.07) is 11.3. The standard InChI is InChI=1S/C23H25N5O2/c1-2-4-19-17(3-1)18(14-24-19)16-5-7-27(8-6-16)22-13-21-20(15-25-22)26-23(30-21)28-9-11-29-12-10-28/h1-4,13-16,24H,5-12H2.